The minimum Gasteiger partial charge on any atom is -0.497 e. The zero-order chi connectivity index (χ0) is 28.6. The van der Waals surface area contributed by atoms with Crippen molar-refractivity contribution in [1.82, 2.24) is 20.1 Å². The second-order valence-corrected chi connectivity index (χ2v) is 9.39. The number of nitrogens with one attached hydrogen (secondary N) is 2. The molecule has 2 unspecified atom stereocenters. The van der Waals surface area contributed by atoms with Gasteiger partial charge in [0.2, 0.25) is 0 Å². The lowest BCUT2D eigenvalue weighted by Gasteiger charge is -2.43. The van der Waals surface area contributed by atoms with Crippen LogP contribution >= 0.6 is 0 Å². The van der Waals surface area contributed by atoms with Crippen LogP contribution in [0.25, 0.3) is 0 Å². The van der Waals surface area contributed by atoms with Gasteiger partial charge in [0.25, 0.3) is 11.8 Å². The van der Waals surface area contributed by atoms with Crippen LogP contribution in [-0.2, 0) is 9.59 Å². The van der Waals surface area contributed by atoms with Crippen molar-refractivity contribution in [2.45, 2.75) is 32.0 Å². The molecule has 1 saturated heterocycles. The summed E-state index contributed by atoms with van der Waals surface area (Å²) in [6.45, 7) is 2.29. The number of carbonyl (C=O) groups excluding carboxylic acids is 3. The van der Waals surface area contributed by atoms with Crippen LogP contribution < -0.4 is 15.4 Å². The Bertz CT molecular complexity index is 1360. The molecule has 208 valence electrons. The van der Waals surface area contributed by atoms with E-state index in [0.717, 1.165) is 5.56 Å². The van der Waals surface area contributed by atoms with E-state index < -0.39 is 36.0 Å². The molecule has 11 heteroatoms. The van der Waals surface area contributed by atoms with Crippen molar-refractivity contribution in [1.29, 1.82) is 0 Å². The molecule has 1 aromatic heterocycles. The van der Waals surface area contributed by atoms with Crippen LogP contribution in [0.2, 0.25) is 0 Å². The summed E-state index contributed by atoms with van der Waals surface area (Å²) in [5, 5.41) is 15.1. The molecule has 0 radical (unpaired) electrons. The van der Waals surface area contributed by atoms with Crippen molar-refractivity contribution in [3.63, 3.8) is 0 Å². The SMILES string of the molecule is COc1ccc(NC(=O)N2CCCN(C(=O)c3ccncc3)C2C(=O)NC(CC(=O)O)c2cccc(C)c2)cc1. The van der Waals surface area contributed by atoms with Gasteiger partial charge in [-0.1, -0.05) is 29.8 Å². The van der Waals surface area contributed by atoms with E-state index >= 15 is 0 Å². The summed E-state index contributed by atoms with van der Waals surface area (Å²) >= 11 is 0. The predicted octanol–water partition coefficient (Wildman–Crippen LogP) is 3.44. The molecule has 2 atom stereocenters. The number of anilines is 1. The minimum absolute atomic E-state index is 0.203. The van der Waals surface area contributed by atoms with Crippen molar-refractivity contribution in [2.75, 3.05) is 25.5 Å². The van der Waals surface area contributed by atoms with Gasteiger partial charge in [-0.2, -0.15) is 0 Å². The van der Waals surface area contributed by atoms with Gasteiger partial charge >= 0.3 is 12.0 Å². The summed E-state index contributed by atoms with van der Waals surface area (Å²) in [6.07, 6.45) is 1.68. The van der Waals surface area contributed by atoms with Gasteiger partial charge < -0.3 is 25.4 Å². The third kappa shape index (κ3) is 6.73. The number of hydrogen-bond acceptors (Lipinski definition) is 6. The van der Waals surface area contributed by atoms with E-state index in [4.69, 9.17) is 4.74 Å². The highest BCUT2D eigenvalue weighted by molar-refractivity contribution is 6.00. The van der Waals surface area contributed by atoms with E-state index in [0.29, 0.717) is 29.0 Å². The number of rotatable bonds is 8. The quantitative estimate of drug-likeness (QED) is 0.394. The zero-order valence-electron chi connectivity index (χ0n) is 22.2. The average molecular weight is 546 g/mol. The molecule has 40 heavy (non-hydrogen) atoms. The summed E-state index contributed by atoms with van der Waals surface area (Å²) < 4.78 is 5.16. The normalized spacial score (nSPS) is 15.6. The fourth-order valence-electron chi connectivity index (χ4n) is 4.62. The standard InChI is InChI=1S/C29H31N5O6/c1-19-5-3-6-21(17-19)24(18-25(35)36)32-26(37)27-33(28(38)20-11-13-30-14-12-20)15-4-16-34(27)29(39)31-22-7-9-23(40-2)10-8-22/h3,5-14,17,24,27H,4,15-16,18H2,1-2H3,(H,31,39)(H,32,37)(H,35,36). The first-order chi connectivity index (χ1) is 19.3. The molecule has 3 aromatic rings. The summed E-state index contributed by atoms with van der Waals surface area (Å²) in [5.74, 6) is -1.60. The molecular formula is C29H31N5O6. The molecule has 4 rings (SSSR count). The predicted molar refractivity (Wildman–Crippen MR) is 147 cm³/mol. The molecule has 1 aliphatic heterocycles. The van der Waals surface area contributed by atoms with E-state index in [1.54, 1.807) is 42.5 Å². The number of carboxylic acids is 1. The lowest BCUT2D eigenvalue weighted by molar-refractivity contribution is -0.138. The number of methoxy groups -OCH3 is 1. The Balaban J connectivity index is 1.66. The number of hydrogen-bond donors (Lipinski definition) is 3. The summed E-state index contributed by atoms with van der Waals surface area (Å²) in [6, 6.07) is 15.5. The fraction of sp³-hybridized carbons (Fsp3) is 0.276. The van der Waals surface area contributed by atoms with Gasteiger partial charge in [0.1, 0.15) is 5.75 Å². The zero-order valence-corrected chi connectivity index (χ0v) is 22.2. The van der Waals surface area contributed by atoms with Crippen LogP contribution in [0.15, 0.2) is 73.1 Å². The van der Waals surface area contributed by atoms with Gasteiger partial charge in [-0.3, -0.25) is 24.3 Å². The Morgan fingerprint density at radius 2 is 1.73 bits per heavy atom. The lowest BCUT2D eigenvalue weighted by atomic mass is 10.0. The lowest BCUT2D eigenvalue weighted by Crippen LogP contribution is -2.64. The Morgan fingerprint density at radius 3 is 2.38 bits per heavy atom. The Hall–Kier alpha value is -4.93. The van der Waals surface area contributed by atoms with Crippen LogP contribution in [0, 0.1) is 6.92 Å². The van der Waals surface area contributed by atoms with Crippen molar-refractivity contribution in [2.24, 2.45) is 0 Å². The maximum Gasteiger partial charge on any atom is 0.323 e. The number of carbonyl (C=O) groups is 4. The van der Waals surface area contributed by atoms with Crippen molar-refractivity contribution in [3.05, 3.63) is 89.7 Å². The summed E-state index contributed by atoms with van der Waals surface area (Å²) in [7, 11) is 1.54. The van der Waals surface area contributed by atoms with Crippen LogP contribution in [-0.4, -0.2) is 70.1 Å². The first-order valence-corrected chi connectivity index (χ1v) is 12.8. The number of nitrogens with zero attached hydrogens (tertiary/aromatic N) is 3. The molecule has 0 bridgehead atoms. The highest BCUT2D eigenvalue weighted by Crippen LogP contribution is 2.24. The van der Waals surface area contributed by atoms with Gasteiger partial charge in [-0.05, 0) is 55.3 Å². The molecule has 1 fully saturated rings. The van der Waals surface area contributed by atoms with Crippen molar-refractivity contribution < 1.29 is 29.0 Å². The maximum atomic E-state index is 13.9. The number of ether oxygens (including phenoxy) is 1. The Morgan fingerprint density at radius 1 is 1.02 bits per heavy atom. The molecule has 4 amide bonds. The van der Waals surface area contributed by atoms with Crippen LogP contribution in [0.3, 0.4) is 0 Å². The molecule has 2 aromatic carbocycles. The summed E-state index contributed by atoms with van der Waals surface area (Å²) in [5.41, 5.74) is 2.29. The molecular weight excluding hydrogens is 514 g/mol. The third-order valence-electron chi connectivity index (χ3n) is 6.55. The largest absolute Gasteiger partial charge is 0.497 e. The topological polar surface area (TPSA) is 141 Å². The van der Waals surface area contributed by atoms with Gasteiger partial charge in [0, 0.05) is 36.7 Å². The second kappa shape index (κ2) is 12.7. The second-order valence-electron chi connectivity index (χ2n) is 9.39. The number of aryl methyl sites for hydroxylation is 1. The fourth-order valence-corrected chi connectivity index (χ4v) is 4.62. The van der Waals surface area contributed by atoms with Gasteiger partial charge in [0.15, 0.2) is 6.17 Å². The number of aliphatic carboxylic acids is 1. The molecule has 1 aliphatic rings. The minimum atomic E-state index is -1.33. The van der Waals surface area contributed by atoms with Crippen LogP contribution in [0.4, 0.5) is 10.5 Å². The highest BCUT2D eigenvalue weighted by atomic mass is 16.5. The molecule has 11 nitrogen and oxygen atoms in total. The maximum absolute atomic E-state index is 13.9. The Labute approximate surface area is 231 Å². The Kier molecular flexibility index (Phi) is 8.95. The highest BCUT2D eigenvalue weighted by Gasteiger charge is 2.41. The van der Waals surface area contributed by atoms with Gasteiger partial charge in [-0.15, -0.1) is 0 Å². The number of amides is 4. The molecule has 2 heterocycles. The average Bonchev–Trinajstić information content (AvgIpc) is 2.96. The van der Waals surface area contributed by atoms with Gasteiger partial charge in [0.05, 0.1) is 19.6 Å². The monoisotopic (exact) mass is 545 g/mol. The summed E-state index contributed by atoms with van der Waals surface area (Å²) in [4.78, 5) is 59.2. The third-order valence-corrected chi connectivity index (χ3v) is 6.55. The number of urea groups is 1. The van der Waals surface area contributed by atoms with E-state index in [1.165, 1.54) is 41.4 Å². The molecule has 0 aliphatic carbocycles. The van der Waals surface area contributed by atoms with E-state index in [1.807, 2.05) is 13.0 Å². The van der Waals surface area contributed by atoms with Crippen molar-refractivity contribution >= 4 is 29.5 Å². The van der Waals surface area contributed by atoms with E-state index in [-0.39, 0.29) is 19.5 Å². The molecule has 0 saturated carbocycles. The smallest absolute Gasteiger partial charge is 0.323 e. The number of pyridine rings is 1. The first kappa shape index (κ1) is 28.1. The number of aromatic nitrogens is 1. The van der Waals surface area contributed by atoms with E-state index in [2.05, 4.69) is 15.6 Å². The van der Waals surface area contributed by atoms with Crippen molar-refractivity contribution in [3.8, 4) is 5.75 Å². The number of benzene rings is 2. The van der Waals surface area contributed by atoms with Crippen LogP contribution in [0.1, 0.15) is 40.4 Å². The molecule has 3 N–H and O–H groups in total. The first-order valence-electron chi connectivity index (χ1n) is 12.8. The molecule has 0 spiro atoms. The number of carboxylic acid groups (broad SMARTS) is 1. The van der Waals surface area contributed by atoms with Gasteiger partial charge in [-0.25, -0.2) is 4.79 Å². The van der Waals surface area contributed by atoms with E-state index in [9.17, 15) is 24.3 Å². The van der Waals surface area contributed by atoms with Crippen LogP contribution in [0.5, 0.6) is 5.75 Å².